The standard InChI is InChI=1S/C14H13N5OS/c15-14-18-11(9-21-14)8-13(20)17-10-2-4-12(5-3-10)19-7-1-6-16-19/h1-7,9H,8H2,(H2,15,18)(H,17,20). The van der Waals surface area contributed by atoms with Crippen LogP contribution in [-0.2, 0) is 11.2 Å². The van der Waals surface area contributed by atoms with E-state index >= 15 is 0 Å². The molecule has 6 nitrogen and oxygen atoms in total. The van der Waals surface area contributed by atoms with Gasteiger partial charge in [-0.05, 0) is 30.3 Å². The third kappa shape index (κ3) is 3.26. The van der Waals surface area contributed by atoms with E-state index in [1.807, 2.05) is 36.5 Å². The molecule has 0 saturated carbocycles. The summed E-state index contributed by atoms with van der Waals surface area (Å²) in [4.78, 5) is 16.0. The maximum Gasteiger partial charge on any atom is 0.230 e. The molecule has 0 atom stereocenters. The normalized spacial score (nSPS) is 10.5. The van der Waals surface area contributed by atoms with Gasteiger partial charge in [-0.1, -0.05) is 0 Å². The molecule has 1 amide bonds. The van der Waals surface area contributed by atoms with E-state index in [-0.39, 0.29) is 12.3 Å². The van der Waals surface area contributed by atoms with Crippen molar-refractivity contribution < 1.29 is 4.79 Å². The summed E-state index contributed by atoms with van der Waals surface area (Å²) < 4.78 is 1.75. The van der Waals surface area contributed by atoms with E-state index in [0.717, 1.165) is 11.4 Å². The first-order chi connectivity index (χ1) is 10.2. The SMILES string of the molecule is Nc1nc(CC(=O)Nc2ccc(-n3cccn3)cc2)cs1. The van der Waals surface area contributed by atoms with Crippen molar-refractivity contribution in [2.45, 2.75) is 6.42 Å². The van der Waals surface area contributed by atoms with Gasteiger partial charge in [0.2, 0.25) is 5.91 Å². The van der Waals surface area contributed by atoms with E-state index in [0.29, 0.717) is 10.8 Å². The summed E-state index contributed by atoms with van der Waals surface area (Å²) in [5.41, 5.74) is 7.89. The lowest BCUT2D eigenvalue weighted by molar-refractivity contribution is -0.115. The van der Waals surface area contributed by atoms with Gasteiger partial charge in [-0.25, -0.2) is 9.67 Å². The Morgan fingerprint density at radius 1 is 1.33 bits per heavy atom. The topological polar surface area (TPSA) is 85.8 Å². The quantitative estimate of drug-likeness (QED) is 0.772. The maximum atomic E-state index is 11.9. The van der Waals surface area contributed by atoms with Gasteiger partial charge in [0.1, 0.15) is 0 Å². The van der Waals surface area contributed by atoms with E-state index in [4.69, 9.17) is 5.73 Å². The van der Waals surface area contributed by atoms with Crippen LogP contribution in [-0.4, -0.2) is 20.7 Å². The largest absolute Gasteiger partial charge is 0.375 e. The van der Waals surface area contributed by atoms with Crippen molar-refractivity contribution in [2.24, 2.45) is 0 Å². The number of hydrogen-bond donors (Lipinski definition) is 2. The first-order valence-corrected chi connectivity index (χ1v) is 7.18. The summed E-state index contributed by atoms with van der Waals surface area (Å²) in [7, 11) is 0. The number of amides is 1. The molecule has 1 aromatic carbocycles. The van der Waals surface area contributed by atoms with Gasteiger partial charge in [0.05, 0.1) is 17.8 Å². The Kier molecular flexibility index (Phi) is 3.65. The van der Waals surface area contributed by atoms with Gasteiger partial charge >= 0.3 is 0 Å². The average molecular weight is 299 g/mol. The second-order valence-electron chi connectivity index (χ2n) is 4.40. The van der Waals surface area contributed by atoms with E-state index in [1.54, 1.807) is 16.3 Å². The van der Waals surface area contributed by atoms with Gasteiger partial charge in [0.25, 0.3) is 0 Å². The number of carbonyl (C=O) groups is 1. The molecular formula is C14H13N5OS. The zero-order chi connectivity index (χ0) is 14.7. The van der Waals surface area contributed by atoms with Crippen LogP contribution in [0.2, 0.25) is 0 Å². The van der Waals surface area contributed by atoms with E-state index in [2.05, 4.69) is 15.4 Å². The Bertz CT molecular complexity index is 733. The number of hydrogen-bond acceptors (Lipinski definition) is 5. The van der Waals surface area contributed by atoms with Crippen LogP contribution in [0.15, 0.2) is 48.1 Å². The monoisotopic (exact) mass is 299 g/mol. The second-order valence-corrected chi connectivity index (χ2v) is 5.29. The highest BCUT2D eigenvalue weighted by atomic mass is 32.1. The number of aromatic nitrogens is 3. The smallest absolute Gasteiger partial charge is 0.230 e. The molecule has 0 unspecified atom stereocenters. The van der Waals surface area contributed by atoms with Gasteiger partial charge < -0.3 is 11.1 Å². The van der Waals surface area contributed by atoms with Gasteiger partial charge in [-0.2, -0.15) is 5.10 Å². The number of nitrogen functional groups attached to an aromatic ring is 1. The summed E-state index contributed by atoms with van der Waals surface area (Å²) >= 11 is 1.33. The number of carbonyl (C=O) groups excluding carboxylic acids is 1. The van der Waals surface area contributed by atoms with Gasteiger partial charge in [-0.3, -0.25) is 4.79 Å². The van der Waals surface area contributed by atoms with Gasteiger partial charge in [0, 0.05) is 23.5 Å². The fraction of sp³-hybridized carbons (Fsp3) is 0.0714. The van der Waals surface area contributed by atoms with Crippen LogP contribution in [0, 0.1) is 0 Å². The zero-order valence-electron chi connectivity index (χ0n) is 11.1. The molecule has 21 heavy (non-hydrogen) atoms. The number of nitrogens with zero attached hydrogens (tertiary/aromatic N) is 3. The highest BCUT2D eigenvalue weighted by molar-refractivity contribution is 7.13. The summed E-state index contributed by atoms with van der Waals surface area (Å²) in [5.74, 6) is -0.118. The molecule has 0 saturated heterocycles. The summed E-state index contributed by atoms with van der Waals surface area (Å²) in [6.07, 6.45) is 3.80. The number of thiazole rings is 1. The molecule has 0 aliphatic heterocycles. The predicted molar refractivity (Wildman–Crippen MR) is 82.4 cm³/mol. The minimum absolute atomic E-state index is 0.118. The molecule has 0 aliphatic rings. The first kappa shape index (κ1) is 13.3. The van der Waals surface area contributed by atoms with E-state index in [1.165, 1.54) is 11.3 Å². The van der Waals surface area contributed by atoms with E-state index < -0.39 is 0 Å². The van der Waals surface area contributed by atoms with Gasteiger partial charge in [-0.15, -0.1) is 11.3 Å². The van der Waals surface area contributed by atoms with Crippen LogP contribution in [0.25, 0.3) is 5.69 Å². The van der Waals surface area contributed by atoms with Crippen molar-refractivity contribution in [3.05, 3.63) is 53.8 Å². The van der Waals surface area contributed by atoms with Crippen molar-refractivity contribution in [1.82, 2.24) is 14.8 Å². The van der Waals surface area contributed by atoms with Crippen molar-refractivity contribution >= 4 is 28.1 Å². The Morgan fingerprint density at radius 3 is 2.76 bits per heavy atom. The molecule has 3 aromatic rings. The lowest BCUT2D eigenvalue weighted by Gasteiger charge is -2.06. The van der Waals surface area contributed by atoms with Crippen molar-refractivity contribution in [1.29, 1.82) is 0 Å². The molecule has 3 rings (SSSR count). The minimum atomic E-state index is -0.118. The lowest BCUT2D eigenvalue weighted by Crippen LogP contribution is -2.14. The Morgan fingerprint density at radius 2 is 2.14 bits per heavy atom. The molecular weight excluding hydrogens is 286 g/mol. The molecule has 0 bridgehead atoms. The van der Waals surface area contributed by atoms with Crippen LogP contribution in [0.1, 0.15) is 5.69 Å². The maximum absolute atomic E-state index is 11.9. The van der Waals surface area contributed by atoms with Crippen LogP contribution >= 0.6 is 11.3 Å². The summed E-state index contributed by atoms with van der Waals surface area (Å²) in [6, 6.07) is 9.32. The molecule has 2 aromatic heterocycles. The van der Waals surface area contributed by atoms with Crippen LogP contribution in [0.4, 0.5) is 10.8 Å². The van der Waals surface area contributed by atoms with Gasteiger partial charge in [0.15, 0.2) is 5.13 Å². The molecule has 0 fully saturated rings. The molecule has 2 heterocycles. The predicted octanol–water partition coefficient (Wildman–Crippen LogP) is 2.09. The lowest BCUT2D eigenvalue weighted by atomic mass is 10.2. The number of anilines is 2. The van der Waals surface area contributed by atoms with Crippen LogP contribution in [0.5, 0.6) is 0 Å². The molecule has 0 spiro atoms. The van der Waals surface area contributed by atoms with Crippen LogP contribution < -0.4 is 11.1 Å². The summed E-state index contributed by atoms with van der Waals surface area (Å²) in [6.45, 7) is 0. The highest BCUT2D eigenvalue weighted by Gasteiger charge is 2.07. The molecule has 106 valence electrons. The molecule has 7 heteroatoms. The number of rotatable bonds is 4. The Balaban J connectivity index is 1.63. The number of nitrogens with two attached hydrogens (primary N) is 1. The summed E-state index contributed by atoms with van der Waals surface area (Å²) in [5, 5.41) is 9.23. The fourth-order valence-corrected chi connectivity index (χ4v) is 2.46. The molecule has 3 N–H and O–H groups in total. The average Bonchev–Trinajstić information content (AvgIpc) is 3.11. The Labute approximate surface area is 125 Å². The third-order valence-electron chi connectivity index (χ3n) is 2.83. The number of benzene rings is 1. The first-order valence-electron chi connectivity index (χ1n) is 6.30. The molecule has 0 radical (unpaired) electrons. The Hall–Kier alpha value is -2.67. The van der Waals surface area contributed by atoms with Crippen molar-refractivity contribution in [2.75, 3.05) is 11.1 Å². The third-order valence-corrected chi connectivity index (χ3v) is 3.55. The van der Waals surface area contributed by atoms with E-state index in [9.17, 15) is 4.79 Å². The highest BCUT2D eigenvalue weighted by Crippen LogP contribution is 2.14. The zero-order valence-corrected chi connectivity index (χ0v) is 11.9. The minimum Gasteiger partial charge on any atom is -0.375 e. The van der Waals surface area contributed by atoms with Crippen molar-refractivity contribution in [3.8, 4) is 5.69 Å². The fourth-order valence-electron chi connectivity index (χ4n) is 1.89. The second kappa shape index (κ2) is 5.76. The number of nitrogens with one attached hydrogen (secondary N) is 1. The van der Waals surface area contributed by atoms with Crippen LogP contribution in [0.3, 0.4) is 0 Å². The molecule has 0 aliphatic carbocycles. The van der Waals surface area contributed by atoms with Crippen molar-refractivity contribution in [3.63, 3.8) is 0 Å².